The highest BCUT2D eigenvalue weighted by molar-refractivity contribution is 5.82. The molecule has 1 amide bonds. The molecular formula is C29H59N3O. The minimum atomic E-state index is 0. The first-order chi connectivity index (χ1) is 16.1. The van der Waals surface area contributed by atoms with E-state index < -0.39 is 0 Å². The maximum absolute atomic E-state index is 12.8. The highest BCUT2D eigenvalue weighted by atomic mass is 16.2. The van der Waals surface area contributed by atoms with Crippen LogP contribution in [-0.2, 0) is 4.79 Å². The van der Waals surface area contributed by atoms with Crippen LogP contribution in [0.2, 0.25) is 0 Å². The van der Waals surface area contributed by atoms with E-state index >= 15 is 0 Å². The Morgan fingerprint density at radius 3 is 2.30 bits per heavy atom. The van der Waals surface area contributed by atoms with Crippen molar-refractivity contribution < 1.29 is 7.65 Å². The first-order valence-corrected chi connectivity index (χ1v) is 14.1. The third-order valence-corrected chi connectivity index (χ3v) is 7.27. The van der Waals surface area contributed by atoms with Gasteiger partial charge in [0.1, 0.15) is 0 Å². The lowest BCUT2D eigenvalue weighted by Gasteiger charge is -2.27. The van der Waals surface area contributed by atoms with E-state index in [-0.39, 0.29) is 14.7 Å². The lowest BCUT2D eigenvalue weighted by Crippen LogP contribution is -2.34. The van der Waals surface area contributed by atoms with Gasteiger partial charge in [0.15, 0.2) is 0 Å². The molecule has 0 aromatic carbocycles. The van der Waals surface area contributed by atoms with E-state index in [9.17, 15) is 4.79 Å². The molecule has 0 spiro atoms. The number of nitrogens with two attached hydrogens (primary N) is 1. The van der Waals surface area contributed by atoms with Crippen LogP contribution >= 0.6 is 0 Å². The van der Waals surface area contributed by atoms with Crippen LogP contribution in [0.3, 0.4) is 0 Å². The molecule has 1 aliphatic rings. The fourth-order valence-corrected chi connectivity index (χ4v) is 5.13. The van der Waals surface area contributed by atoms with Crippen molar-refractivity contribution in [1.82, 2.24) is 10.2 Å². The summed E-state index contributed by atoms with van der Waals surface area (Å²) in [6, 6.07) is 0. The maximum atomic E-state index is 12.8. The molecule has 0 aromatic heterocycles. The number of nitrogens with zero attached hydrogens (tertiary/aromatic N) is 1. The molecule has 1 saturated heterocycles. The van der Waals surface area contributed by atoms with Crippen LogP contribution in [0.1, 0.15) is 120 Å². The smallest absolute Gasteiger partial charge is 0.227 e. The Balaban J connectivity index is 0. The second-order valence-electron chi connectivity index (χ2n) is 10.1. The number of hydrogen-bond donors (Lipinski definition) is 2. The average molecular weight is 466 g/mol. The first-order valence-electron chi connectivity index (χ1n) is 14.1. The zero-order chi connectivity index (χ0) is 24.3. The zero-order valence-electron chi connectivity index (χ0n) is 22.3. The maximum Gasteiger partial charge on any atom is 0.227 e. The molecule has 33 heavy (non-hydrogen) atoms. The molecule has 1 heterocycles. The van der Waals surface area contributed by atoms with Gasteiger partial charge in [0.25, 0.3) is 0 Å². The Kier molecular flexibility index (Phi) is 17.4. The van der Waals surface area contributed by atoms with E-state index in [1.54, 1.807) is 0 Å². The molecule has 3 N–H and O–H groups in total. The van der Waals surface area contributed by atoms with Crippen molar-refractivity contribution >= 4 is 5.91 Å². The minimum Gasteiger partial charge on any atom is -0.329 e. The molecule has 4 nitrogen and oxygen atoms in total. The van der Waals surface area contributed by atoms with E-state index in [1.807, 2.05) is 4.90 Å². The van der Waals surface area contributed by atoms with Gasteiger partial charge < -0.3 is 16.0 Å². The van der Waals surface area contributed by atoms with E-state index in [1.165, 1.54) is 95.5 Å². The first kappa shape index (κ1) is 29.9. The van der Waals surface area contributed by atoms with E-state index in [0.717, 1.165) is 18.8 Å². The Bertz CT molecular complexity index is 568. The molecule has 2 unspecified atom stereocenters. The van der Waals surface area contributed by atoms with Gasteiger partial charge in [0, 0.05) is 47.1 Å². The van der Waals surface area contributed by atoms with Gasteiger partial charge in [-0.25, -0.2) is 0 Å². The minimum absolute atomic E-state index is 0. The Labute approximate surface area is 208 Å². The molecule has 1 rings (SSSR count). The lowest BCUT2D eigenvalue weighted by atomic mass is 9.80. The Hall–Kier alpha value is -1.13. The van der Waals surface area contributed by atoms with E-state index in [4.69, 9.17) is 5.73 Å². The van der Waals surface area contributed by atoms with Crippen molar-refractivity contribution in [2.75, 3.05) is 26.2 Å². The molecule has 4 heteroatoms. The number of carbonyl (C=O) groups excluding carboxylic acids is 1. The number of amides is 1. The van der Waals surface area contributed by atoms with Gasteiger partial charge in [-0.1, -0.05) is 103 Å². The molecule has 1 fully saturated rings. The number of carbonyl (C=O) groups is 1. The topological polar surface area (TPSA) is 58.4 Å². The SMILES string of the molecule is C=C1C(C(CCCCCCCCC)/C(C)=C/CCCCCCC)CC(=O)N1CCNCCN.[HH].[HH]. The highest BCUT2D eigenvalue weighted by Crippen LogP contribution is 2.39. The Morgan fingerprint density at radius 1 is 1.06 bits per heavy atom. The molecular weight excluding hydrogens is 406 g/mol. The summed E-state index contributed by atoms with van der Waals surface area (Å²) in [6.45, 7) is 14.2. The summed E-state index contributed by atoms with van der Waals surface area (Å²) < 4.78 is 0. The van der Waals surface area contributed by atoms with Crippen molar-refractivity contribution in [2.45, 2.75) is 117 Å². The summed E-state index contributed by atoms with van der Waals surface area (Å²) in [5.41, 5.74) is 8.10. The standard InChI is InChI=1S/C29H55N3O.2H2/c1-5-7-9-11-13-15-17-19-27(25(3)18-16-14-12-10-8-6-2)28-24-29(33)32(26(28)4)23-22-31-21-20-30;;/h18,27-28,31H,4-17,19-24,30H2,1-3H3;2*1H/b25-18+;;. The largest absolute Gasteiger partial charge is 0.329 e. The molecule has 0 aliphatic carbocycles. The molecule has 0 aromatic rings. The Morgan fingerprint density at radius 2 is 1.67 bits per heavy atom. The second kappa shape index (κ2) is 19.2. The number of nitrogens with one attached hydrogen (secondary N) is 1. The molecule has 1 aliphatic heterocycles. The van der Waals surface area contributed by atoms with Crippen LogP contribution in [0.4, 0.5) is 0 Å². The predicted octanol–water partition coefficient (Wildman–Crippen LogP) is 7.45. The monoisotopic (exact) mass is 465 g/mol. The van der Waals surface area contributed by atoms with Gasteiger partial charge in [-0.3, -0.25) is 4.79 Å². The number of unbranched alkanes of at least 4 members (excludes halogenated alkanes) is 11. The zero-order valence-corrected chi connectivity index (χ0v) is 22.3. The summed E-state index contributed by atoms with van der Waals surface area (Å²) in [7, 11) is 0. The van der Waals surface area contributed by atoms with Crippen LogP contribution < -0.4 is 11.1 Å². The van der Waals surface area contributed by atoms with Crippen molar-refractivity contribution in [3.63, 3.8) is 0 Å². The second-order valence-corrected chi connectivity index (χ2v) is 10.1. The van der Waals surface area contributed by atoms with Gasteiger partial charge in [-0.2, -0.15) is 0 Å². The van der Waals surface area contributed by atoms with Crippen molar-refractivity contribution in [3.8, 4) is 0 Å². The van der Waals surface area contributed by atoms with E-state index in [2.05, 4.69) is 38.7 Å². The van der Waals surface area contributed by atoms with Crippen molar-refractivity contribution in [3.05, 3.63) is 23.9 Å². The van der Waals surface area contributed by atoms with Crippen molar-refractivity contribution in [1.29, 1.82) is 0 Å². The van der Waals surface area contributed by atoms with Crippen LogP contribution in [0, 0.1) is 11.8 Å². The summed E-state index contributed by atoms with van der Waals surface area (Å²) in [5.74, 6) is 0.967. The molecule has 0 bridgehead atoms. The van der Waals surface area contributed by atoms with Crippen molar-refractivity contribution in [2.24, 2.45) is 17.6 Å². The molecule has 0 radical (unpaired) electrons. The van der Waals surface area contributed by atoms with Gasteiger partial charge in [0.2, 0.25) is 5.91 Å². The number of likely N-dealkylation sites (tertiary alicyclic amines) is 1. The summed E-state index contributed by atoms with van der Waals surface area (Å²) in [5, 5.41) is 3.31. The van der Waals surface area contributed by atoms with Crippen LogP contribution in [0.15, 0.2) is 23.9 Å². The highest BCUT2D eigenvalue weighted by Gasteiger charge is 2.38. The molecule has 2 atom stereocenters. The summed E-state index contributed by atoms with van der Waals surface area (Å²) in [6.07, 6.45) is 21.4. The van der Waals surface area contributed by atoms with Gasteiger partial charge in [0.05, 0.1) is 0 Å². The van der Waals surface area contributed by atoms with Gasteiger partial charge in [-0.15, -0.1) is 0 Å². The summed E-state index contributed by atoms with van der Waals surface area (Å²) >= 11 is 0. The van der Waals surface area contributed by atoms with Gasteiger partial charge >= 0.3 is 0 Å². The fourth-order valence-electron chi connectivity index (χ4n) is 5.13. The van der Waals surface area contributed by atoms with Crippen LogP contribution in [0.25, 0.3) is 0 Å². The molecule has 196 valence electrons. The fraction of sp³-hybridized carbons (Fsp3) is 0.828. The summed E-state index contributed by atoms with van der Waals surface area (Å²) in [4.78, 5) is 14.8. The predicted molar refractivity (Wildman–Crippen MR) is 148 cm³/mol. The third-order valence-electron chi connectivity index (χ3n) is 7.27. The number of allylic oxidation sites excluding steroid dienone is 3. The quantitative estimate of drug-likeness (QED) is 0.137. The third kappa shape index (κ3) is 12.2. The lowest BCUT2D eigenvalue weighted by molar-refractivity contribution is -0.126. The van der Waals surface area contributed by atoms with Crippen LogP contribution in [-0.4, -0.2) is 37.0 Å². The number of rotatable bonds is 21. The molecule has 0 saturated carbocycles. The number of hydrogen-bond acceptors (Lipinski definition) is 3. The normalized spacial score (nSPS) is 17.9. The van der Waals surface area contributed by atoms with Crippen LogP contribution in [0.5, 0.6) is 0 Å². The van der Waals surface area contributed by atoms with Gasteiger partial charge in [-0.05, 0) is 32.1 Å². The van der Waals surface area contributed by atoms with E-state index in [0.29, 0.717) is 25.4 Å². The average Bonchev–Trinajstić information content (AvgIpc) is 3.08.